The number of hydrogen-bond acceptors (Lipinski definition) is 5. The Balaban J connectivity index is 4.49. The summed E-state index contributed by atoms with van der Waals surface area (Å²) in [6.07, 6.45) is -0.995. The smallest absolute Gasteiger partial charge is 0.242 e. The highest BCUT2D eigenvalue weighted by atomic mass is 16.6. The van der Waals surface area contributed by atoms with Gasteiger partial charge in [-0.25, -0.2) is 0 Å². The van der Waals surface area contributed by atoms with Crippen LogP contribution >= 0.6 is 0 Å². The van der Waals surface area contributed by atoms with Crippen molar-refractivity contribution in [2.75, 3.05) is 7.11 Å². The molecular weight excluding hydrogens is 180 g/mol. The Morgan fingerprint density at radius 3 is 1.54 bits per heavy atom. The summed E-state index contributed by atoms with van der Waals surface area (Å²) in [4.78, 5) is 19.5. The second-order valence-electron chi connectivity index (χ2n) is 2.75. The van der Waals surface area contributed by atoms with Gasteiger partial charge in [0.2, 0.25) is 12.1 Å². The molecular formula is C6H12N2O5. The third kappa shape index (κ3) is 2.94. The molecule has 7 heteroatoms. The molecule has 0 aliphatic carbocycles. The Morgan fingerprint density at radius 2 is 1.38 bits per heavy atom. The lowest BCUT2D eigenvalue weighted by molar-refractivity contribution is -0.574. The molecule has 0 aliphatic heterocycles. The van der Waals surface area contributed by atoms with Crippen LogP contribution in [0, 0.1) is 20.2 Å². The van der Waals surface area contributed by atoms with Crippen LogP contribution in [0.3, 0.4) is 0 Å². The molecule has 0 bridgehead atoms. The molecule has 0 aromatic rings. The van der Waals surface area contributed by atoms with Gasteiger partial charge >= 0.3 is 0 Å². The Labute approximate surface area is 75.0 Å². The third-order valence-electron chi connectivity index (χ3n) is 1.89. The number of hydrogen-bond donors (Lipinski definition) is 0. The number of ether oxygens (including phenoxy) is 1. The summed E-state index contributed by atoms with van der Waals surface area (Å²) in [7, 11) is 1.23. The van der Waals surface area contributed by atoms with E-state index in [0.717, 1.165) is 0 Å². The van der Waals surface area contributed by atoms with E-state index in [9.17, 15) is 20.2 Å². The first-order valence-corrected chi connectivity index (χ1v) is 3.71. The fourth-order valence-corrected chi connectivity index (χ4v) is 1.04. The van der Waals surface area contributed by atoms with Crippen molar-refractivity contribution in [2.45, 2.75) is 32.0 Å². The summed E-state index contributed by atoms with van der Waals surface area (Å²) in [5.41, 5.74) is 0. The lowest BCUT2D eigenvalue weighted by atomic mass is 10.1. The van der Waals surface area contributed by atoms with Gasteiger partial charge in [-0.1, -0.05) is 0 Å². The molecule has 0 radical (unpaired) electrons. The zero-order valence-electron chi connectivity index (χ0n) is 7.67. The molecule has 2 unspecified atom stereocenters. The molecule has 0 aromatic carbocycles. The van der Waals surface area contributed by atoms with Gasteiger partial charge in [-0.2, -0.15) is 0 Å². The quantitative estimate of drug-likeness (QED) is 0.462. The Kier molecular flexibility index (Phi) is 4.26. The molecule has 0 rings (SSSR count). The van der Waals surface area contributed by atoms with Crippen LogP contribution in [-0.4, -0.2) is 35.1 Å². The monoisotopic (exact) mass is 192 g/mol. The van der Waals surface area contributed by atoms with Crippen molar-refractivity contribution in [2.24, 2.45) is 0 Å². The SMILES string of the molecule is COC(C(C)[N+](=O)[O-])C(C)[N+](=O)[O-]. The minimum atomic E-state index is -1.08. The topological polar surface area (TPSA) is 95.5 Å². The number of nitrogens with zero attached hydrogens (tertiary/aromatic N) is 2. The molecule has 0 amide bonds. The normalized spacial score (nSPS) is 17.5. The maximum absolute atomic E-state index is 10.3. The molecule has 0 saturated carbocycles. The van der Waals surface area contributed by atoms with Crippen molar-refractivity contribution in [3.05, 3.63) is 20.2 Å². The van der Waals surface area contributed by atoms with Gasteiger partial charge in [0.25, 0.3) is 0 Å². The first-order valence-electron chi connectivity index (χ1n) is 3.71. The maximum atomic E-state index is 10.3. The predicted octanol–water partition coefficient (Wildman–Crippen LogP) is 0.332. The van der Waals surface area contributed by atoms with Gasteiger partial charge < -0.3 is 4.74 Å². The van der Waals surface area contributed by atoms with Crippen LogP contribution in [0.25, 0.3) is 0 Å². The summed E-state index contributed by atoms with van der Waals surface area (Å²) in [6.45, 7) is 2.57. The average Bonchev–Trinajstić information content (AvgIpc) is 2.04. The fourth-order valence-electron chi connectivity index (χ4n) is 1.04. The van der Waals surface area contributed by atoms with Gasteiger partial charge in [0.05, 0.1) is 0 Å². The number of nitro groups is 2. The van der Waals surface area contributed by atoms with Crippen LogP contribution in [0.1, 0.15) is 13.8 Å². The zero-order valence-corrected chi connectivity index (χ0v) is 7.67. The van der Waals surface area contributed by atoms with Crippen molar-refractivity contribution in [1.29, 1.82) is 0 Å². The molecule has 0 aliphatic rings. The summed E-state index contributed by atoms with van der Waals surface area (Å²) in [5.74, 6) is 0. The zero-order chi connectivity index (χ0) is 10.6. The third-order valence-corrected chi connectivity index (χ3v) is 1.89. The van der Waals surface area contributed by atoms with E-state index in [1.54, 1.807) is 0 Å². The van der Waals surface area contributed by atoms with Gasteiger partial charge in [0.15, 0.2) is 6.10 Å². The van der Waals surface area contributed by atoms with Crippen LogP contribution in [-0.2, 0) is 4.74 Å². The van der Waals surface area contributed by atoms with Crippen LogP contribution < -0.4 is 0 Å². The molecule has 13 heavy (non-hydrogen) atoms. The maximum Gasteiger partial charge on any atom is 0.242 e. The number of methoxy groups -OCH3 is 1. The predicted molar refractivity (Wildman–Crippen MR) is 43.7 cm³/mol. The fraction of sp³-hybridized carbons (Fsp3) is 1.00. The van der Waals surface area contributed by atoms with E-state index < -0.39 is 28.0 Å². The van der Waals surface area contributed by atoms with Crippen LogP contribution in [0.2, 0.25) is 0 Å². The highest BCUT2D eigenvalue weighted by molar-refractivity contribution is 4.71. The Bertz CT molecular complexity index is 187. The largest absolute Gasteiger partial charge is 0.368 e. The van der Waals surface area contributed by atoms with E-state index in [0.29, 0.717) is 0 Å². The number of rotatable bonds is 5. The van der Waals surface area contributed by atoms with E-state index in [2.05, 4.69) is 0 Å². The first-order chi connectivity index (χ1) is 5.91. The molecule has 0 saturated heterocycles. The molecule has 0 aromatic heterocycles. The highest BCUT2D eigenvalue weighted by Crippen LogP contribution is 2.09. The first kappa shape index (κ1) is 11.8. The second-order valence-corrected chi connectivity index (χ2v) is 2.75. The van der Waals surface area contributed by atoms with Gasteiger partial charge in [-0.15, -0.1) is 0 Å². The second kappa shape index (κ2) is 4.70. The van der Waals surface area contributed by atoms with Crippen molar-refractivity contribution in [3.8, 4) is 0 Å². The van der Waals surface area contributed by atoms with Crippen molar-refractivity contribution >= 4 is 0 Å². The molecule has 0 N–H and O–H groups in total. The van der Waals surface area contributed by atoms with Gasteiger partial charge in [0.1, 0.15) is 0 Å². The molecule has 0 heterocycles. The van der Waals surface area contributed by atoms with Crippen LogP contribution in [0.15, 0.2) is 0 Å². The van der Waals surface area contributed by atoms with E-state index in [1.807, 2.05) is 0 Å². The standard InChI is InChI=1S/C6H12N2O5/c1-4(7(9)10)6(13-3)5(2)8(11)12/h4-6H,1-3H3. The van der Waals surface area contributed by atoms with Gasteiger partial charge in [-0.05, 0) is 0 Å². The van der Waals surface area contributed by atoms with Gasteiger partial charge in [-0.3, -0.25) is 20.2 Å². The minimum absolute atomic E-state index is 0.589. The molecule has 7 nitrogen and oxygen atoms in total. The van der Waals surface area contributed by atoms with E-state index in [4.69, 9.17) is 4.74 Å². The van der Waals surface area contributed by atoms with Crippen LogP contribution in [0.4, 0.5) is 0 Å². The minimum Gasteiger partial charge on any atom is -0.368 e. The summed E-state index contributed by atoms with van der Waals surface area (Å²) < 4.78 is 4.71. The van der Waals surface area contributed by atoms with Crippen LogP contribution in [0.5, 0.6) is 0 Å². The molecule has 0 spiro atoms. The van der Waals surface area contributed by atoms with E-state index in [-0.39, 0.29) is 0 Å². The summed E-state index contributed by atoms with van der Waals surface area (Å²) in [6, 6.07) is -2.16. The molecule has 0 fully saturated rings. The van der Waals surface area contributed by atoms with E-state index >= 15 is 0 Å². The van der Waals surface area contributed by atoms with Gasteiger partial charge in [0, 0.05) is 30.8 Å². The van der Waals surface area contributed by atoms with Crippen molar-refractivity contribution in [1.82, 2.24) is 0 Å². The lowest BCUT2D eigenvalue weighted by Gasteiger charge is -2.17. The Morgan fingerprint density at radius 1 is 1.08 bits per heavy atom. The molecule has 2 atom stereocenters. The lowest BCUT2D eigenvalue weighted by Crippen LogP contribution is -2.43. The highest BCUT2D eigenvalue weighted by Gasteiger charge is 2.38. The average molecular weight is 192 g/mol. The summed E-state index contributed by atoms with van der Waals surface area (Å²) >= 11 is 0. The summed E-state index contributed by atoms with van der Waals surface area (Å²) in [5, 5.41) is 20.7. The van der Waals surface area contributed by atoms with Crippen molar-refractivity contribution < 1.29 is 14.6 Å². The molecule has 76 valence electrons. The Hall–Kier alpha value is -1.24. The van der Waals surface area contributed by atoms with E-state index in [1.165, 1.54) is 21.0 Å². The van der Waals surface area contributed by atoms with Crippen molar-refractivity contribution in [3.63, 3.8) is 0 Å².